The lowest BCUT2D eigenvalue weighted by Crippen LogP contribution is -2.41. The third-order valence-corrected chi connectivity index (χ3v) is 4.75. The highest BCUT2D eigenvalue weighted by Gasteiger charge is 2.21. The molecule has 186 valence electrons. The Morgan fingerprint density at radius 2 is 1.97 bits per heavy atom. The molecule has 3 N–H and O–H groups in total. The molecule has 0 unspecified atom stereocenters. The number of guanidine groups is 1. The van der Waals surface area contributed by atoms with E-state index in [2.05, 4.69) is 81.1 Å². The van der Waals surface area contributed by atoms with Crippen LogP contribution < -0.4 is 10.6 Å². The maximum Gasteiger partial charge on any atom is 0.303 e. The van der Waals surface area contributed by atoms with Crippen LogP contribution in [0, 0.1) is 0 Å². The maximum absolute atomic E-state index is 10.9. The first kappa shape index (κ1) is 28.8. The Balaban J connectivity index is 0.00000104. The largest absolute Gasteiger partial charge is 0.481 e. The van der Waals surface area contributed by atoms with Gasteiger partial charge in [-0.15, -0.1) is 0 Å². The van der Waals surface area contributed by atoms with Crippen LogP contribution in [0.15, 0.2) is 71.2 Å². The molecule has 0 amide bonds. The molecule has 1 aliphatic heterocycles. The van der Waals surface area contributed by atoms with Gasteiger partial charge in [0.1, 0.15) is 0 Å². The van der Waals surface area contributed by atoms with E-state index in [0.29, 0.717) is 6.42 Å². The van der Waals surface area contributed by atoms with Crippen LogP contribution >= 0.6 is 0 Å². The topological polar surface area (TPSA) is 77.0 Å². The van der Waals surface area contributed by atoms with Gasteiger partial charge in [0, 0.05) is 31.4 Å². The summed E-state index contributed by atoms with van der Waals surface area (Å²) in [5, 5.41) is 15.3. The molecular weight excluding hydrogens is 424 g/mol. The van der Waals surface area contributed by atoms with Crippen molar-refractivity contribution in [1.29, 1.82) is 0 Å². The molecule has 2 rings (SSSR count). The molecule has 6 nitrogen and oxygen atoms in total. The van der Waals surface area contributed by atoms with Gasteiger partial charge < -0.3 is 15.7 Å². The summed E-state index contributed by atoms with van der Waals surface area (Å²) in [6.07, 6.45) is 9.20. The second-order valence-electron chi connectivity index (χ2n) is 8.85. The minimum Gasteiger partial charge on any atom is -0.481 e. The van der Waals surface area contributed by atoms with Gasteiger partial charge in [-0.2, -0.15) is 0 Å². The number of carboxylic acid groups (broad SMARTS) is 1. The van der Waals surface area contributed by atoms with Crippen molar-refractivity contribution in [2.24, 2.45) is 4.99 Å². The van der Waals surface area contributed by atoms with Crippen LogP contribution in [-0.4, -0.2) is 35.0 Å². The van der Waals surface area contributed by atoms with Crippen molar-refractivity contribution in [3.63, 3.8) is 0 Å². The summed E-state index contributed by atoms with van der Waals surface area (Å²) in [5.41, 5.74) is 6.31. The van der Waals surface area contributed by atoms with Gasteiger partial charge in [-0.25, -0.2) is 4.99 Å². The fraction of sp³-hybridized carbons (Fsp3) is 0.429. The van der Waals surface area contributed by atoms with Crippen LogP contribution in [-0.2, 0) is 11.2 Å². The number of unbranched alkanes of at least 4 members (excludes halogenated alkanes) is 1. The lowest BCUT2D eigenvalue weighted by Gasteiger charge is -2.31. The molecule has 0 atom stereocenters. The van der Waals surface area contributed by atoms with E-state index in [9.17, 15) is 4.79 Å². The fourth-order valence-electron chi connectivity index (χ4n) is 3.04. The SMILES string of the molecule is C=C(C)NC.CCC/C=C1\C=C(c2cccc(CCC(=O)O)c2)NC(=NC(C)C)N1C=C(C)C. The summed E-state index contributed by atoms with van der Waals surface area (Å²) in [4.78, 5) is 17.8. The average Bonchev–Trinajstić information content (AvgIpc) is 2.77. The minimum absolute atomic E-state index is 0.131. The minimum atomic E-state index is -0.779. The van der Waals surface area contributed by atoms with Crippen LogP contribution in [0.1, 0.15) is 71.9 Å². The molecule has 0 spiro atoms. The van der Waals surface area contributed by atoms with Crippen molar-refractivity contribution < 1.29 is 9.90 Å². The number of allylic oxidation sites excluding steroid dienone is 4. The second-order valence-corrected chi connectivity index (χ2v) is 8.85. The first-order valence-electron chi connectivity index (χ1n) is 11.9. The molecule has 1 heterocycles. The number of nitrogens with zero attached hydrogens (tertiary/aromatic N) is 2. The Kier molecular flexibility index (Phi) is 12.5. The van der Waals surface area contributed by atoms with E-state index < -0.39 is 5.97 Å². The van der Waals surface area contributed by atoms with Crippen molar-refractivity contribution in [2.75, 3.05) is 7.05 Å². The maximum atomic E-state index is 10.9. The predicted molar refractivity (Wildman–Crippen MR) is 144 cm³/mol. The Morgan fingerprint density at radius 1 is 1.29 bits per heavy atom. The number of hydrogen-bond donors (Lipinski definition) is 3. The molecule has 0 saturated heterocycles. The van der Waals surface area contributed by atoms with Gasteiger partial charge in [0.15, 0.2) is 0 Å². The van der Waals surface area contributed by atoms with Gasteiger partial charge in [0.25, 0.3) is 0 Å². The van der Waals surface area contributed by atoms with Gasteiger partial charge in [-0.1, -0.05) is 49.8 Å². The molecule has 34 heavy (non-hydrogen) atoms. The summed E-state index contributed by atoms with van der Waals surface area (Å²) >= 11 is 0. The zero-order valence-electron chi connectivity index (χ0n) is 21.9. The number of aryl methyl sites for hydroxylation is 1. The number of aliphatic imine (C=N–C) groups is 1. The van der Waals surface area contributed by atoms with Crippen LogP contribution in [0.25, 0.3) is 5.70 Å². The van der Waals surface area contributed by atoms with Gasteiger partial charge in [0.05, 0.1) is 5.70 Å². The molecule has 0 aliphatic carbocycles. The van der Waals surface area contributed by atoms with Gasteiger partial charge in [-0.05, 0) is 76.4 Å². The Bertz CT molecular complexity index is 951. The van der Waals surface area contributed by atoms with Crippen molar-refractivity contribution in [1.82, 2.24) is 15.5 Å². The van der Waals surface area contributed by atoms with Crippen LogP contribution in [0.3, 0.4) is 0 Å². The molecule has 0 fully saturated rings. The number of carbonyl (C=O) groups is 1. The molecule has 1 aliphatic rings. The molecule has 1 aromatic carbocycles. The summed E-state index contributed by atoms with van der Waals surface area (Å²) in [7, 11) is 1.85. The number of aliphatic carboxylic acids is 1. The van der Waals surface area contributed by atoms with Crippen LogP contribution in [0.2, 0.25) is 0 Å². The predicted octanol–water partition coefficient (Wildman–Crippen LogP) is 6.06. The lowest BCUT2D eigenvalue weighted by molar-refractivity contribution is -0.136. The molecule has 0 bridgehead atoms. The van der Waals surface area contributed by atoms with E-state index in [4.69, 9.17) is 10.1 Å². The van der Waals surface area contributed by atoms with E-state index in [1.54, 1.807) is 0 Å². The number of rotatable bonds is 9. The molecule has 0 radical (unpaired) electrons. The zero-order chi connectivity index (χ0) is 25.7. The summed E-state index contributed by atoms with van der Waals surface area (Å²) in [5.74, 6) is 0.0240. The number of carboxylic acids is 1. The molecule has 6 heteroatoms. The fourth-order valence-corrected chi connectivity index (χ4v) is 3.04. The average molecular weight is 467 g/mol. The van der Waals surface area contributed by atoms with Crippen LogP contribution in [0.5, 0.6) is 0 Å². The highest BCUT2D eigenvalue weighted by atomic mass is 16.4. The normalized spacial score (nSPS) is 15.3. The van der Waals surface area contributed by atoms with Crippen LogP contribution in [0.4, 0.5) is 0 Å². The molecular formula is C28H42N4O2. The smallest absolute Gasteiger partial charge is 0.303 e. The highest BCUT2D eigenvalue weighted by molar-refractivity contribution is 5.95. The third kappa shape index (κ3) is 10.6. The number of hydrogen-bond acceptors (Lipinski definition) is 3. The first-order valence-corrected chi connectivity index (χ1v) is 11.9. The molecule has 0 saturated carbocycles. The van der Waals surface area contributed by atoms with Gasteiger partial charge in [0.2, 0.25) is 5.96 Å². The summed E-state index contributed by atoms with van der Waals surface area (Å²) in [6.45, 7) is 15.9. The third-order valence-electron chi connectivity index (χ3n) is 4.75. The van der Waals surface area contributed by atoms with Gasteiger partial charge in [-0.3, -0.25) is 9.69 Å². The Morgan fingerprint density at radius 3 is 2.50 bits per heavy atom. The second kappa shape index (κ2) is 14.8. The first-order chi connectivity index (χ1) is 16.1. The van der Waals surface area contributed by atoms with Crippen molar-refractivity contribution in [2.45, 2.75) is 73.3 Å². The van der Waals surface area contributed by atoms with E-state index in [1.165, 1.54) is 5.57 Å². The van der Waals surface area contributed by atoms with Crippen molar-refractivity contribution >= 4 is 17.6 Å². The van der Waals surface area contributed by atoms with E-state index >= 15 is 0 Å². The van der Waals surface area contributed by atoms with Crippen molar-refractivity contribution in [3.05, 3.63) is 77.3 Å². The number of nitrogens with one attached hydrogen (secondary N) is 2. The van der Waals surface area contributed by atoms with E-state index in [1.807, 2.05) is 32.2 Å². The quantitative estimate of drug-likeness (QED) is 0.412. The zero-order valence-corrected chi connectivity index (χ0v) is 21.9. The Hall–Kier alpha value is -3.28. The summed E-state index contributed by atoms with van der Waals surface area (Å²) in [6, 6.07) is 8.21. The molecule has 0 aromatic heterocycles. The Labute approximate surface area is 205 Å². The van der Waals surface area contributed by atoms with E-state index in [0.717, 1.165) is 47.0 Å². The number of benzene rings is 1. The standard InChI is InChI=1S/C24H33N3O2.C4H9N/c1-6-7-11-21-15-22(20-10-8-9-19(14-20)12-13-23(28)29)26-24(25-18(4)5)27(21)16-17(2)3;1-4(2)5-3/h8-11,14-16,18H,6-7,12-13H2,1-5H3,(H,25,26)(H,28,29);5H,1H2,2-3H3/b21-11+;. The van der Waals surface area contributed by atoms with Gasteiger partial charge >= 0.3 is 5.97 Å². The lowest BCUT2D eigenvalue weighted by atomic mass is 10.0. The molecule has 1 aromatic rings. The summed E-state index contributed by atoms with van der Waals surface area (Å²) < 4.78 is 0. The van der Waals surface area contributed by atoms with Crippen molar-refractivity contribution in [3.8, 4) is 0 Å². The highest BCUT2D eigenvalue weighted by Crippen LogP contribution is 2.25. The monoisotopic (exact) mass is 466 g/mol. The van der Waals surface area contributed by atoms with E-state index in [-0.39, 0.29) is 12.5 Å².